The van der Waals surface area contributed by atoms with Crippen molar-refractivity contribution in [3.8, 4) is 11.6 Å². The Morgan fingerprint density at radius 2 is 1.95 bits per heavy atom. The van der Waals surface area contributed by atoms with E-state index < -0.39 is 0 Å². The highest BCUT2D eigenvalue weighted by Crippen LogP contribution is 2.13. The molecule has 2 heterocycles. The predicted molar refractivity (Wildman–Crippen MR) is 82.3 cm³/mol. The van der Waals surface area contributed by atoms with Gasteiger partial charge in [-0.25, -0.2) is 9.67 Å². The molecule has 3 aromatic rings. The summed E-state index contributed by atoms with van der Waals surface area (Å²) in [5.74, 6) is 0.254. The predicted octanol–water partition coefficient (Wildman–Crippen LogP) is 2.53. The Morgan fingerprint density at radius 1 is 1.14 bits per heavy atom. The fourth-order valence-corrected chi connectivity index (χ4v) is 1.94. The molecule has 1 N–H and O–H groups in total. The summed E-state index contributed by atoms with van der Waals surface area (Å²) in [7, 11) is 1.54. The van der Waals surface area contributed by atoms with Crippen LogP contribution >= 0.6 is 0 Å². The summed E-state index contributed by atoms with van der Waals surface area (Å²) in [6, 6.07) is 13.0. The Hall–Kier alpha value is -3.15. The van der Waals surface area contributed by atoms with Crippen molar-refractivity contribution in [2.24, 2.45) is 0 Å². The van der Waals surface area contributed by atoms with Gasteiger partial charge in [-0.1, -0.05) is 18.2 Å². The maximum absolute atomic E-state index is 12.2. The third kappa shape index (κ3) is 2.95. The first-order valence-electron chi connectivity index (χ1n) is 6.68. The van der Waals surface area contributed by atoms with Gasteiger partial charge in [0, 0.05) is 12.3 Å². The molecule has 6 heteroatoms. The molecule has 110 valence electrons. The lowest BCUT2D eigenvalue weighted by Crippen LogP contribution is -2.11. The van der Waals surface area contributed by atoms with Crippen LogP contribution in [-0.2, 0) is 0 Å². The SMILES string of the molecule is COc1ccc(NC(=O)c2cnn(-c3ccccc3)c2)cn1. The minimum Gasteiger partial charge on any atom is -0.481 e. The number of methoxy groups -OCH3 is 1. The fraction of sp³-hybridized carbons (Fsp3) is 0.0625. The minimum atomic E-state index is -0.242. The largest absolute Gasteiger partial charge is 0.481 e. The van der Waals surface area contributed by atoms with Gasteiger partial charge in [0.25, 0.3) is 5.91 Å². The summed E-state index contributed by atoms with van der Waals surface area (Å²) < 4.78 is 6.63. The molecule has 0 aliphatic carbocycles. The van der Waals surface area contributed by atoms with Crippen LogP contribution in [-0.4, -0.2) is 27.8 Å². The highest BCUT2D eigenvalue weighted by molar-refractivity contribution is 6.03. The molecule has 0 saturated heterocycles. The molecule has 0 spiro atoms. The molecule has 0 saturated carbocycles. The van der Waals surface area contributed by atoms with Crippen molar-refractivity contribution in [2.75, 3.05) is 12.4 Å². The monoisotopic (exact) mass is 294 g/mol. The average Bonchev–Trinajstić information content (AvgIpc) is 3.06. The van der Waals surface area contributed by atoms with Gasteiger partial charge < -0.3 is 10.1 Å². The van der Waals surface area contributed by atoms with Crippen LogP contribution in [0, 0.1) is 0 Å². The van der Waals surface area contributed by atoms with E-state index in [1.165, 1.54) is 6.20 Å². The molecule has 0 aliphatic rings. The highest BCUT2D eigenvalue weighted by atomic mass is 16.5. The first kappa shape index (κ1) is 13.8. The van der Waals surface area contributed by atoms with Gasteiger partial charge in [-0.05, 0) is 18.2 Å². The summed E-state index contributed by atoms with van der Waals surface area (Å²) in [4.78, 5) is 16.2. The van der Waals surface area contributed by atoms with Crippen molar-refractivity contribution in [3.63, 3.8) is 0 Å². The van der Waals surface area contributed by atoms with Crippen LogP contribution in [0.4, 0.5) is 5.69 Å². The Balaban J connectivity index is 1.74. The lowest BCUT2D eigenvalue weighted by atomic mass is 10.3. The molecule has 0 bridgehead atoms. The molecule has 0 aliphatic heterocycles. The normalized spacial score (nSPS) is 10.2. The first-order chi connectivity index (χ1) is 10.8. The molecular formula is C16H14N4O2. The Morgan fingerprint density at radius 3 is 2.64 bits per heavy atom. The van der Waals surface area contributed by atoms with Crippen LogP contribution in [0.5, 0.6) is 5.88 Å². The van der Waals surface area contributed by atoms with Crippen LogP contribution in [0.15, 0.2) is 61.1 Å². The second-order valence-electron chi connectivity index (χ2n) is 4.55. The molecule has 1 aromatic carbocycles. The van der Waals surface area contributed by atoms with Crippen LogP contribution in [0.1, 0.15) is 10.4 Å². The van der Waals surface area contributed by atoms with Crippen molar-refractivity contribution in [2.45, 2.75) is 0 Å². The number of nitrogens with one attached hydrogen (secondary N) is 1. The molecule has 1 amide bonds. The molecule has 0 radical (unpaired) electrons. The number of amides is 1. The Kier molecular flexibility index (Phi) is 3.82. The van der Waals surface area contributed by atoms with Crippen molar-refractivity contribution in [1.29, 1.82) is 0 Å². The number of pyridine rings is 1. The zero-order valence-corrected chi connectivity index (χ0v) is 11.9. The summed E-state index contributed by atoms with van der Waals surface area (Å²) in [6.45, 7) is 0. The summed E-state index contributed by atoms with van der Waals surface area (Å²) in [5, 5.41) is 6.96. The smallest absolute Gasteiger partial charge is 0.258 e. The second kappa shape index (κ2) is 6.09. The van der Waals surface area contributed by atoms with Gasteiger partial charge in [-0.15, -0.1) is 0 Å². The molecule has 2 aromatic heterocycles. The van der Waals surface area contributed by atoms with E-state index in [1.54, 1.807) is 36.3 Å². The third-order valence-corrected chi connectivity index (χ3v) is 3.07. The Labute approximate surface area is 127 Å². The van der Waals surface area contributed by atoms with Crippen LogP contribution in [0.25, 0.3) is 5.69 Å². The van der Waals surface area contributed by atoms with Crippen molar-refractivity contribution >= 4 is 11.6 Å². The van der Waals surface area contributed by atoms with Crippen molar-refractivity contribution in [1.82, 2.24) is 14.8 Å². The Bertz CT molecular complexity index is 766. The van der Waals surface area contributed by atoms with Gasteiger partial charge in [-0.3, -0.25) is 4.79 Å². The molecule has 0 atom stereocenters. The van der Waals surface area contributed by atoms with E-state index in [0.717, 1.165) is 5.69 Å². The summed E-state index contributed by atoms with van der Waals surface area (Å²) in [5.41, 5.74) is 1.96. The maximum atomic E-state index is 12.2. The number of carbonyl (C=O) groups is 1. The number of carbonyl (C=O) groups excluding carboxylic acids is 1. The van der Waals surface area contributed by atoms with Crippen molar-refractivity contribution < 1.29 is 9.53 Å². The molecule has 6 nitrogen and oxygen atoms in total. The zero-order valence-electron chi connectivity index (χ0n) is 11.9. The van der Waals surface area contributed by atoms with Gasteiger partial charge in [-0.2, -0.15) is 5.10 Å². The summed E-state index contributed by atoms with van der Waals surface area (Å²) >= 11 is 0. The van der Waals surface area contributed by atoms with Gasteiger partial charge in [0.1, 0.15) is 0 Å². The average molecular weight is 294 g/mol. The number of aromatic nitrogens is 3. The van der Waals surface area contributed by atoms with E-state index in [1.807, 2.05) is 30.3 Å². The van der Waals surface area contributed by atoms with Gasteiger partial charge >= 0.3 is 0 Å². The highest BCUT2D eigenvalue weighted by Gasteiger charge is 2.10. The standard InChI is InChI=1S/C16H14N4O2/c1-22-15-8-7-13(10-17-15)19-16(21)12-9-18-20(11-12)14-5-3-2-4-6-14/h2-11H,1H3,(H,19,21). The second-order valence-corrected chi connectivity index (χ2v) is 4.55. The number of benzene rings is 1. The number of para-hydroxylation sites is 1. The van der Waals surface area contributed by atoms with Crippen LogP contribution < -0.4 is 10.1 Å². The first-order valence-corrected chi connectivity index (χ1v) is 6.68. The van der Waals surface area contributed by atoms with E-state index >= 15 is 0 Å². The molecule has 0 fully saturated rings. The zero-order chi connectivity index (χ0) is 15.4. The maximum Gasteiger partial charge on any atom is 0.258 e. The number of rotatable bonds is 4. The van der Waals surface area contributed by atoms with Gasteiger partial charge in [0.05, 0.1) is 36.4 Å². The molecule has 0 unspecified atom stereocenters. The number of anilines is 1. The van der Waals surface area contributed by atoms with Crippen LogP contribution in [0.2, 0.25) is 0 Å². The van der Waals surface area contributed by atoms with Gasteiger partial charge in [0.2, 0.25) is 5.88 Å². The van der Waals surface area contributed by atoms with E-state index in [0.29, 0.717) is 17.1 Å². The summed E-state index contributed by atoms with van der Waals surface area (Å²) in [6.07, 6.45) is 4.75. The lowest BCUT2D eigenvalue weighted by molar-refractivity contribution is 0.102. The van der Waals surface area contributed by atoms with E-state index in [9.17, 15) is 4.79 Å². The third-order valence-electron chi connectivity index (χ3n) is 3.07. The molecular weight excluding hydrogens is 280 g/mol. The number of ether oxygens (including phenoxy) is 1. The fourth-order valence-electron chi connectivity index (χ4n) is 1.94. The van der Waals surface area contributed by atoms with E-state index in [2.05, 4.69) is 15.4 Å². The van der Waals surface area contributed by atoms with Crippen LogP contribution in [0.3, 0.4) is 0 Å². The van der Waals surface area contributed by atoms with E-state index in [-0.39, 0.29) is 5.91 Å². The topological polar surface area (TPSA) is 69.0 Å². The number of hydrogen-bond acceptors (Lipinski definition) is 4. The molecule has 3 rings (SSSR count). The number of hydrogen-bond donors (Lipinski definition) is 1. The lowest BCUT2D eigenvalue weighted by Gasteiger charge is -2.04. The number of nitrogens with zero attached hydrogens (tertiary/aromatic N) is 3. The van der Waals surface area contributed by atoms with Crippen molar-refractivity contribution in [3.05, 3.63) is 66.6 Å². The quantitative estimate of drug-likeness (QED) is 0.802. The minimum absolute atomic E-state index is 0.242. The van der Waals surface area contributed by atoms with Gasteiger partial charge in [0.15, 0.2) is 0 Å². The van der Waals surface area contributed by atoms with E-state index in [4.69, 9.17) is 4.74 Å². The molecule has 22 heavy (non-hydrogen) atoms.